The number of alkyl halides is 7. The van der Waals surface area contributed by atoms with Gasteiger partial charge in [0, 0.05) is 0 Å². The third-order valence-electron chi connectivity index (χ3n) is 8.31. The maximum absolute atomic E-state index is 13.7. The number of halogens is 8. The van der Waals surface area contributed by atoms with Crippen LogP contribution in [0.5, 0.6) is 5.75 Å². The molecule has 3 rings (SSSR count). The van der Waals surface area contributed by atoms with Crippen LogP contribution in [0.2, 0.25) is 0 Å². The van der Waals surface area contributed by atoms with E-state index in [4.69, 9.17) is 0 Å². The van der Waals surface area contributed by atoms with E-state index in [0.29, 0.717) is 13.1 Å². The van der Waals surface area contributed by atoms with Crippen LogP contribution in [0.3, 0.4) is 0 Å². The SMILES string of the molecule is O=S(=O)(CCCCC(F)(C(F)(F)F)C(F)(F)F)CCCNCCCCCCC1=C(c2ccc(F)cc2)CCCc2cc(O)ccc21. The van der Waals surface area contributed by atoms with Crippen LogP contribution in [0.1, 0.15) is 87.3 Å². The molecule has 0 bridgehead atoms. The molecule has 1 aliphatic rings. The van der Waals surface area contributed by atoms with Gasteiger partial charge in [0.05, 0.1) is 11.5 Å². The maximum atomic E-state index is 13.7. The van der Waals surface area contributed by atoms with Crippen molar-refractivity contribution in [1.82, 2.24) is 5.32 Å². The molecule has 2 aromatic rings. The zero-order chi connectivity index (χ0) is 34.0. The number of benzene rings is 2. The first kappa shape index (κ1) is 37.8. The highest BCUT2D eigenvalue weighted by Crippen LogP contribution is 2.49. The van der Waals surface area contributed by atoms with Gasteiger partial charge in [-0.15, -0.1) is 0 Å². The smallest absolute Gasteiger partial charge is 0.431 e. The lowest BCUT2D eigenvalue weighted by Crippen LogP contribution is -2.53. The van der Waals surface area contributed by atoms with E-state index in [1.807, 2.05) is 12.1 Å². The molecule has 0 amide bonds. The fourth-order valence-corrected chi connectivity index (χ4v) is 7.22. The molecule has 0 atom stereocenters. The van der Waals surface area contributed by atoms with E-state index in [-0.39, 0.29) is 23.7 Å². The molecule has 1 aliphatic carbocycles. The Labute approximate surface area is 265 Å². The largest absolute Gasteiger partial charge is 0.508 e. The summed E-state index contributed by atoms with van der Waals surface area (Å²) in [5, 5.41) is 13.2. The first-order valence-corrected chi connectivity index (χ1v) is 17.4. The quantitative estimate of drug-likeness (QED) is 0.129. The predicted octanol–water partition coefficient (Wildman–Crippen LogP) is 9.13. The number of phenolic OH excluding ortho intramolecular Hbond substituents is 1. The summed E-state index contributed by atoms with van der Waals surface area (Å²) >= 11 is 0. The van der Waals surface area contributed by atoms with E-state index in [1.54, 1.807) is 18.2 Å². The normalized spacial score (nSPS) is 14.8. The Morgan fingerprint density at radius 2 is 1.37 bits per heavy atom. The number of aromatic hydroxyl groups is 1. The van der Waals surface area contributed by atoms with E-state index in [9.17, 15) is 48.6 Å². The molecule has 0 unspecified atom stereocenters. The van der Waals surface area contributed by atoms with Gasteiger partial charge in [0.1, 0.15) is 21.4 Å². The van der Waals surface area contributed by atoms with Crippen LogP contribution in [0, 0.1) is 5.82 Å². The second-order valence-corrected chi connectivity index (χ2v) is 14.1. The Morgan fingerprint density at radius 1 is 0.739 bits per heavy atom. The average molecular weight is 684 g/mol. The van der Waals surface area contributed by atoms with Crippen molar-refractivity contribution in [1.29, 1.82) is 0 Å². The highest BCUT2D eigenvalue weighted by atomic mass is 32.2. The Bertz CT molecular complexity index is 1390. The summed E-state index contributed by atoms with van der Waals surface area (Å²) in [7, 11) is -3.70. The zero-order valence-electron chi connectivity index (χ0n) is 25.6. The summed E-state index contributed by atoms with van der Waals surface area (Å²) in [6.07, 6.45) is -8.17. The van der Waals surface area contributed by atoms with E-state index in [1.165, 1.54) is 23.3 Å². The Hall–Kier alpha value is -2.67. The van der Waals surface area contributed by atoms with Gasteiger partial charge in [0.2, 0.25) is 0 Å². The second-order valence-electron chi connectivity index (χ2n) is 11.8. The molecule has 0 saturated heterocycles. The van der Waals surface area contributed by atoms with Crippen LogP contribution < -0.4 is 5.32 Å². The number of unbranched alkanes of at least 4 members (excludes halogenated alkanes) is 4. The number of fused-ring (bicyclic) bond motifs is 1. The zero-order valence-corrected chi connectivity index (χ0v) is 26.4. The van der Waals surface area contributed by atoms with Crippen molar-refractivity contribution in [3.05, 3.63) is 65.0 Å². The van der Waals surface area contributed by atoms with Gasteiger partial charge in [-0.3, -0.25) is 0 Å². The molecule has 0 spiro atoms. The summed E-state index contributed by atoms with van der Waals surface area (Å²) < 4.78 is 127. The molecule has 258 valence electrons. The lowest BCUT2D eigenvalue weighted by molar-refractivity contribution is -0.343. The first-order chi connectivity index (χ1) is 21.5. The second kappa shape index (κ2) is 16.4. The van der Waals surface area contributed by atoms with Crippen LogP contribution in [-0.2, 0) is 16.3 Å². The Morgan fingerprint density at radius 3 is 2.04 bits per heavy atom. The molecule has 0 aliphatic heterocycles. The summed E-state index contributed by atoms with van der Waals surface area (Å²) in [5.41, 5.74) is 0.256. The third kappa shape index (κ3) is 10.7. The standard InChI is InChI=1S/C33H41F8NO3S/c34-26-14-12-24(13-15-26)28-11-7-9-25-23-27(43)16-17-29(25)30(28)10-3-1-2-5-19-42-20-8-22-46(44,45)21-6-4-18-31(35,32(36,37)38)33(39,40)41/h12-17,23,42-43H,1-11,18-22H2. The molecule has 0 fully saturated rings. The summed E-state index contributed by atoms with van der Waals surface area (Å²) in [5.74, 6) is -0.943. The molecular formula is C33H41F8NO3S. The van der Waals surface area contributed by atoms with Gasteiger partial charge < -0.3 is 10.4 Å². The fraction of sp³-hybridized carbons (Fsp3) is 0.576. The first-order valence-electron chi connectivity index (χ1n) is 15.6. The number of sulfone groups is 1. The lowest BCUT2D eigenvalue weighted by atomic mass is 9.89. The molecule has 13 heteroatoms. The molecule has 46 heavy (non-hydrogen) atoms. The third-order valence-corrected chi connectivity index (χ3v) is 10.1. The highest BCUT2D eigenvalue weighted by Gasteiger charge is 2.71. The number of allylic oxidation sites excluding steroid dienone is 2. The van der Waals surface area contributed by atoms with E-state index >= 15 is 0 Å². The number of hydrogen-bond donors (Lipinski definition) is 2. The van der Waals surface area contributed by atoms with Crippen LogP contribution in [0.15, 0.2) is 42.5 Å². The van der Waals surface area contributed by atoms with Crippen molar-refractivity contribution < 1.29 is 48.6 Å². The van der Waals surface area contributed by atoms with Crippen molar-refractivity contribution in [2.45, 2.75) is 95.1 Å². The van der Waals surface area contributed by atoms with Crippen LogP contribution in [0.25, 0.3) is 11.1 Å². The molecule has 4 nitrogen and oxygen atoms in total. The van der Waals surface area contributed by atoms with Gasteiger partial charge in [-0.05, 0) is 129 Å². The predicted molar refractivity (Wildman–Crippen MR) is 163 cm³/mol. The monoisotopic (exact) mass is 683 g/mol. The Balaban J connectivity index is 1.37. The number of rotatable bonds is 17. The van der Waals surface area contributed by atoms with Gasteiger partial charge in [0.15, 0.2) is 0 Å². The van der Waals surface area contributed by atoms with Crippen LogP contribution >= 0.6 is 0 Å². The highest BCUT2D eigenvalue weighted by molar-refractivity contribution is 7.91. The van der Waals surface area contributed by atoms with Crippen LogP contribution in [-0.4, -0.2) is 56.1 Å². The van der Waals surface area contributed by atoms with Crippen molar-refractivity contribution in [2.75, 3.05) is 24.6 Å². The van der Waals surface area contributed by atoms with Gasteiger partial charge in [-0.25, -0.2) is 17.2 Å². The lowest BCUT2D eigenvalue weighted by Gasteiger charge is -2.29. The van der Waals surface area contributed by atoms with E-state index < -0.39 is 52.9 Å². The maximum Gasteiger partial charge on any atom is 0.431 e. The number of phenols is 1. The van der Waals surface area contributed by atoms with E-state index in [2.05, 4.69) is 5.32 Å². The Kier molecular flexibility index (Phi) is 13.5. The number of aryl methyl sites for hydroxylation is 1. The van der Waals surface area contributed by atoms with E-state index in [0.717, 1.165) is 68.1 Å². The topological polar surface area (TPSA) is 66.4 Å². The van der Waals surface area contributed by atoms with Crippen molar-refractivity contribution in [3.8, 4) is 5.75 Å². The molecule has 2 aromatic carbocycles. The summed E-state index contributed by atoms with van der Waals surface area (Å²) in [4.78, 5) is 0. The molecule has 2 N–H and O–H groups in total. The van der Waals surface area contributed by atoms with Gasteiger partial charge in [0.25, 0.3) is 5.67 Å². The minimum absolute atomic E-state index is 0.229. The number of nitrogens with one attached hydrogen (secondary N) is 1. The van der Waals surface area contributed by atoms with Gasteiger partial charge in [-0.1, -0.05) is 31.0 Å². The summed E-state index contributed by atoms with van der Waals surface area (Å²) in [6.45, 7) is 1.03. The average Bonchev–Trinajstić information content (AvgIpc) is 3.14. The fourth-order valence-electron chi connectivity index (χ4n) is 5.79. The molecule has 0 heterocycles. The summed E-state index contributed by atoms with van der Waals surface area (Å²) in [6, 6.07) is 12.0. The van der Waals surface area contributed by atoms with Gasteiger partial charge in [-0.2, -0.15) is 26.3 Å². The minimum Gasteiger partial charge on any atom is -0.508 e. The van der Waals surface area contributed by atoms with Crippen LogP contribution in [0.4, 0.5) is 35.1 Å². The van der Waals surface area contributed by atoms with Crippen molar-refractivity contribution in [3.63, 3.8) is 0 Å². The minimum atomic E-state index is -6.13. The number of hydrogen-bond acceptors (Lipinski definition) is 4. The van der Waals surface area contributed by atoms with Crippen molar-refractivity contribution in [2.24, 2.45) is 0 Å². The molecule has 0 aromatic heterocycles. The molecule has 0 radical (unpaired) electrons. The van der Waals surface area contributed by atoms with Gasteiger partial charge >= 0.3 is 12.4 Å². The molecule has 0 saturated carbocycles. The molecular weight excluding hydrogens is 642 g/mol. The van der Waals surface area contributed by atoms with Crippen molar-refractivity contribution >= 4 is 21.0 Å².